The van der Waals surface area contributed by atoms with Crippen LogP contribution in [0.1, 0.15) is 5.56 Å². The Morgan fingerprint density at radius 1 is 1.03 bits per heavy atom. The zero-order valence-corrected chi connectivity index (χ0v) is 19.9. The number of benzene rings is 2. The van der Waals surface area contributed by atoms with Gasteiger partial charge in [-0.05, 0) is 30.7 Å². The van der Waals surface area contributed by atoms with E-state index >= 15 is 0 Å². The first-order valence-electron chi connectivity index (χ1n) is 10.00. The quantitative estimate of drug-likeness (QED) is 0.257. The lowest BCUT2D eigenvalue weighted by Crippen LogP contribution is -2.33. The first kappa shape index (κ1) is 28.7. The average molecular weight is 500 g/mol. The molecule has 2 rings (SSSR count). The molecule has 4 N–H and O–H groups in total. The summed E-state index contributed by atoms with van der Waals surface area (Å²) in [4.78, 5) is 18.4. The molecule has 0 heterocycles. The summed E-state index contributed by atoms with van der Waals surface area (Å²) in [6.45, 7) is 3.10. The summed E-state index contributed by atoms with van der Waals surface area (Å²) in [6.07, 6.45) is 0.512. The predicted octanol–water partition coefficient (Wildman–Crippen LogP) is 0.971. The molecule has 188 valence electrons. The molecule has 0 aliphatic rings. The molecule has 11 nitrogen and oxygen atoms in total. The van der Waals surface area contributed by atoms with E-state index in [0.717, 1.165) is 6.26 Å². The zero-order chi connectivity index (χ0) is 25.7. The number of aliphatic hydroxyl groups excluding tert-OH is 1. The lowest BCUT2D eigenvalue weighted by atomic mass is 10.2. The van der Waals surface area contributed by atoms with Gasteiger partial charge in [0, 0.05) is 25.4 Å². The average Bonchev–Trinajstić information content (AvgIpc) is 2.77. The molecule has 12 heteroatoms. The summed E-state index contributed by atoms with van der Waals surface area (Å²) in [5.41, 5.74) is 0.597. The van der Waals surface area contributed by atoms with E-state index in [1.807, 2.05) is 30.3 Å². The summed E-state index contributed by atoms with van der Waals surface area (Å²) < 4.78 is 40.0. The number of carboxylic acids is 2. The van der Waals surface area contributed by atoms with Crippen LogP contribution in [0.3, 0.4) is 0 Å². The van der Waals surface area contributed by atoms with Crippen LogP contribution in [-0.4, -0.2) is 81.4 Å². The van der Waals surface area contributed by atoms with Crippen LogP contribution in [0.25, 0.3) is 0 Å². The fourth-order valence-corrected chi connectivity index (χ4v) is 3.55. The first-order chi connectivity index (χ1) is 16.0. The van der Waals surface area contributed by atoms with Crippen molar-refractivity contribution in [3.8, 4) is 17.2 Å². The lowest BCUT2D eigenvalue weighted by Gasteiger charge is -2.15. The Hall–Kier alpha value is -3.35. The molecule has 2 aromatic rings. The molecule has 34 heavy (non-hydrogen) atoms. The van der Waals surface area contributed by atoms with Crippen LogP contribution in [-0.2, 0) is 19.4 Å². The predicted molar refractivity (Wildman–Crippen MR) is 122 cm³/mol. The Kier molecular flexibility index (Phi) is 11.8. The molecule has 0 bridgehead atoms. The third kappa shape index (κ3) is 10.5. The molecule has 0 saturated carbocycles. The van der Waals surface area contributed by atoms with Crippen LogP contribution in [0.5, 0.6) is 17.2 Å². The van der Waals surface area contributed by atoms with Gasteiger partial charge in [-0.1, -0.05) is 18.2 Å². The first-order valence-corrected chi connectivity index (χ1v) is 11.9. The van der Waals surface area contributed by atoms with Gasteiger partial charge in [0.1, 0.15) is 25.1 Å². The SMILES string of the molecule is COc1cc(S(C)(=O)=O)c(C)cc1OCCNCC(O)COc1ccccc1.O=C(O)C(=O)O. The van der Waals surface area contributed by atoms with Gasteiger partial charge in [-0.3, -0.25) is 0 Å². The number of para-hydroxylation sites is 1. The lowest BCUT2D eigenvalue weighted by molar-refractivity contribution is -0.159. The molecule has 1 unspecified atom stereocenters. The van der Waals surface area contributed by atoms with Crippen molar-refractivity contribution >= 4 is 21.8 Å². The van der Waals surface area contributed by atoms with Crippen molar-refractivity contribution in [2.24, 2.45) is 0 Å². The number of rotatable bonds is 11. The van der Waals surface area contributed by atoms with Crippen LogP contribution >= 0.6 is 0 Å². The Balaban J connectivity index is 0.000000852. The van der Waals surface area contributed by atoms with Gasteiger partial charge in [0.2, 0.25) is 0 Å². The number of aliphatic carboxylic acids is 2. The zero-order valence-electron chi connectivity index (χ0n) is 19.1. The number of nitrogens with one attached hydrogen (secondary N) is 1. The van der Waals surface area contributed by atoms with E-state index in [0.29, 0.717) is 42.5 Å². The molecule has 0 amide bonds. The van der Waals surface area contributed by atoms with Crippen molar-refractivity contribution in [2.45, 2.75) is 17.9 Å². The molecule has 0 aliphatic heterocycles. The van der Waals surface area contributed by atoms with E-state index in [9.17, 15) is 13.5 Å². The molecule has 0 aliphatic carbocycles. The van der Waals surface area contributed by atoms with Gasteiger partial charge < -0.3 is 34.8 Å². The maximum atomic E-state index is 11.8. The van der Waals surface area contributed by atoms with Gasteiger partial charge in [0.25, 0.3) is 0 Å². The molecule has 0 saturated heterocycles. The van der Waals surface area contributed by atoms with Crippen molar-refractivity contribution < 1.29 is 47.5 Å². The number of carboxylic acid groups (broad SMARTS) is 2. The fourth-order valence-electron chi connectivity index (χ4n) is 2.58. The highest BCUT2D eigenvalue weighted by Crippen LogP contribution is 2.32. The van der Waals surface area contributed by atoms with Gasteiger partial charge in [-0.25, -0.2) is 18.0 Å². The van der Waals surface area contributed by atoms with Crippen molar-refractivity contribution in [1.29, 1.82) is 0 Å². The van der Waals surface area contributed by atoms with E-state index < -0.39 is 27.9 Å². The van der Waals surface area contributed by atoms with Crippen molar-refractivity contribution in [3.05, 3.63) is 48.0 Å². The largest absolute Gasteiger partial charge is 0.493 e. The minimum atomic E-state index is -3.33. The molecule has 1 atom stereocenters. The van der Waals surface area contributed by atoms with Crippen molar-refractivity contribution in [2.75, 3.05) is 39.7 Å². The third-order valence-corrected chi connectivity index (χ3v) is 5.38. The minimum Gasteiger partial charge on any atom is -0.493 e. The second-order valence-electron chi connectivity index (χ2n) is 6.98. The molecular weight excluding hydrogens is 470 g/mol. The fraction of sp³-hybridized carbons (Fsp3) is 0.364. The smallest absolute Gasteiger partial charge is 0.414 e. The van der Waals surface area contributed by atoms with E-state index in [-0.39, 0.29) is 11.5 Å². The second-order valence-corrected chi connectivity index (χ2v) is 8.97. The number of methoxy groups -OCH3 is 1. The van der Waals surface area contributed by atoms with Crippen LogP contribution in [0.4, 0.5) is 0 Å². The molecule has 0 spiro atoms. The maximum Gasteiger partial charge on any atom is 0.414 e. The normalized spacial score (nSPS) is 11.5. The highest BCUT2D eigenvalue weighted by molar-refractivity contribution is 7.90. The van der Waals surface area contributed by atoms with Crippen LogP contribution in [0.2, 0.25) is 0 Å². The van der Waals surface area contributed by atoms with Gasteiger partial charge in [-0.2, -0.15) is 0 Å². The van der Waals surface area contributed by atoms with Crippen molar-refractivity contribution in [3.63, 3.8) is 0 Å². The van der Waals surface area contributed by atoms with Crippen LogP contribution < -0.4 is 19.5 Å². The van der Waals surface area contributed by atoms with Gasteiger partial charge >= 0.3 is 11.9 Å². The summed E-state index contributed by atoms with van der Waals surface area (Å²) in [5, 5.41) is 27.8. The monoisotopic (exact) mass is 499 g/mol. The molecule has 0 radical (unpaired) electrons. The molecule has 0 aromatic heterocycles. The third-order valence-electron chi connectivity index (χ3n) is 4.15. The summed E-state index contributed by atoms with van der Waals surface area (Å²) >= 11 is 0. The highest BCUT2D eigenvalue weighted by atomic mass is 32.2. The van der Waals surface area contributed by atoms with Gasteiger partial charge in [0.05, 0.1) is 12.0 Å². The number of aliphatic hydroxyl groups is 1. The number of aryl methyl sites for hydroxylation is 1. The topological polar surface area (TPSA) is 169 Å². The van der Waals surface area contributed by atoms with Gasteiger partial charge in [-0.15, -0.1) is 0 Å². The summed E-state index contributed by atoms with van der Waals surface area (Å²) in [5.74, 6) is -2.10. The van der Waals surface area contributed by atoms with Crippen LogP contribution in [0, 0.1) is 6.92 Å². The number of ether oxygens (including phenoxy) is 3. The standard InChI is InChI=1S/C20H27NO6S.C2H2O4/c1-15-11-19(18(25-2)12-20(15)28(3,23)24)26-10-9-21-13-16(22)14-27-17-7-5-4-6-8-17;3-1(4)2(5)6/h4-8,11-12,16,21-22H,9-10,13-14H2,1-3H3;(H,3,4)(H,5,6). The van der Waals surface area contributed by atoms with E-state index in [4.69, 9.17) is 34.0 Å². The van der Waals surface area contributed by atoms with E-state index in [1.165, 1.54) is 13.2 Å². The number of hydrogen-bond acceptors (Lipinski definition) is 9. The molecule has 0 fully saturated rings. The van der Waals surface area contributed by atoms with Gasteiger partial charge in [0.15, 0.2) is 21.3 Å². The Morgan fingerprint density at radius 3 is 2.18 bits per heavy atom. The minimum absolute atomic E-state index is 0.192. The van der Waals surface area contributed by atoms with E-state index in [2.05, 4.69) is 5.32 Å². The second kappa shape index (κ2) is 14.0. The Labute approximate surface area is 197 Å². The number of carbonyl (C=O) groups is 2. The maximum absolute atomic E-state index is 11.8. The number of hydrogen-bond donors (Lipinski definition) is 4. The summed E-state index contributed by atoms with van der Waals surface area (Å²) in [6, 6.07) is 12.4. The molecular formula is C22H29NO10S. The van der Waals surface area contributed by atoms with E-state index in [1.54, 1.807) is 13.0 Å². The van der Waals surface area contributed by atoms with Crippen LogP contribution in [0.15, 0.2) is 47.4 Å². The number of sulfone groups is 1. The Morgan fingerprint density at radius 2 is 1.65 bits per heavy atom. The van der Waals surface area contributed by atoms with Crippen molar-refractivity contribution in [1.82, 2.24) is 5.32 Å². The highest BCUT2D eigenvalue weighted by Gasteiger charge is 2.16. The molecule has 2 aromatic carbocycles. The Bertz CT molecular complexity index is 1030. The summed E-state index contributed by atoms with van der Waals surface area (Å²) in [7, 11) is -1.87.